The van der Waals surface area contributed by atoms with Crippen LogP contribution in [0.15, 0.2) is 42.5 Å². The number of unbranched alkanes of at least 4 members (excludes halogenated alkanes) is 1. The number of nitrogens with zero attached hydrogens (tertiary/aromatic N) is 3. The number of hydrogen-bond acceptors (Lipinski definition) is 3. The van der Waals surface area contributed by atoms with Crippen LogP contribution >= 0.6 is 0 Å². The molecule has 0 saturated heterocycles. The maximum Gasteiger partial charge on any atom is 0.215 e. The Balaban J connectivity index is 2.26. The summed E-state index contributed by atoms with van der Waals surface area (Å²) in [7, 11) is 8.35. The van der Waals surface area contributed by atoms with Crippen molar-refractivity contribution in [2.24, 2.45) is 5.73 Å². The van der Waals surface area contributed by atoms with Crippen molar-refractivity contribution in [1.82, 2.24) is 0 Å². The van der Waals surface area contributed by atoms with Crippen molar-refractivity contribution in [3.8, 4) is 0 Å². The first-order chi connectivity index (χ1) is 12.0. The average molecular weight is 337 g/mol. The Kier molecular flexibility index (Phi) is 5.09. The Morgan fingerprint density at radius 2 is 1.28 bits per heavy atom. The molecule has 0 atom stereocenters. The third kappa shape index (κ3) is 3.54. The van der Waals surface area contributed by atoms with Crippen molar-refractivity contribution in [3.05, 3.63) is 42.5 Å². The minimum absolute atomic E-state index is 0.745. The SMILES string of the molecule is CN(C)c1ccc2cc3ccc(N(C)C)cc3[n+](CCCCN)c2c1. The fourth-order valence-corrected chi connectivity index (χ4v) is 3.28. The Labute approximate surface area is 150 Å². The van der Waals surface area contributed by atoms with Crippen LogP contribution in [0.5, 0.6) is 0 Å². The number of anilines is 2. The zero-order chi connectivity index (χ0) is 18.0. The first-order valence-electron chi connectivity index (χ1n) is 8.96. The number of pyridine rings is 1. The zero-order valence-corrected chi connectivity index (χ0v) is 15.8. The van der Waals surface area contributed by atoms with Crippen LogP contribution in [0, 0.1) is 0 Å². The van der Waals surface area contributed by atoms with E-state index in [4.69, 9.17) is 5.73 Å². The molecule has 0 unspecified atom stereocenters. The molecule has 1 aromatic heterocycles. The molecule has 132 valence electrons. The molecule has 0 aliphatic rings. The fraction of sp³-hybridized carbons (Fsp3) is 0.381. The lowest BCUT2D eigenvalue weighted by Crippen LogP contribution is -2.36. The molecule has 4 heteroatoms. The second-order valence-electron chi connectivity index (χ2n) is 7.07. The molecule has 3 aromatic rings. The summed E-state index contributed by atoms with van der Waals surface area (Å²) in [6.45, 7) is 1.73. The van der Waals surface area contributed by atoms with E-state index in [0.29, 0.717) is 0 Å². The molecule has 2 aromatic carbocycles. The second kappa shape index (κ2) is 7.28. The Bertz CT molecular complexity index is 818. The quantitative estimate of drug-likeness (QED) is 0.426. The van der Waals surface area contributed by atoms with Gasteiger partial charge in [-0.05, 0) is 43.3 Å². The number of benzene rings is 2. The highest BCUT2D eigenvalue weighted by Gasteiger charge is 2.17. The monoisotopic (exact) mass is 337 g/mol. The van der Waals surface area contributed by atoms with E-state index in [-0.39, 0.29) is 0 Å². The summed E-state index contributed by atoms with van der Waals surface area (Å²) >= 11 is 0. The topological polar surface area (TPSA) is 36.4 Å². The van der Waals surface area contributed by atoms with Gasteiger partial charge < -0.3 is 15.5 Å². The van der Waals surface area contributed by atoms with Gasteiger partial charge in [0.2, 0.25) is 11.0 Å². The number of aromatic nitrogens is 1. The van der Waals surface area contributed by atoms with Gasteiger partial charge in [0.25, 0.3) is 0 Å². The van der Waals surface area contributed by atoms with Gasteiger partial charge in [0, 0.05) is 68.9 Å². The Morgan fingerprint density at radius 3 is 1.72 bits per heavy atom. The van der Waals surface area contributed by atoms with Crippen molar-refractivity contribution in [3.63, 3.8) is 0 Å². The van der Waals surface area contributed by atoms with Crippen molar-refractivity contribution >= 4 is 33.2 Å². The van der Waals surface area contributed by atoms with Gasteiger partial charge in [-0.15, -0.1) is 0 Å². The highest BCUT2D eigenvalue weighted by molar-refractivity contribution is 5.91. The summed E-state index contributed by atoms with van der Waals surface area (Å²) in [6.07, 6.45) is 2.14. The molecule has 0 bridgehead atoms. The van der Waals surface area contributed by atoms with Gasteiger partial charge >= 0.3 is 0 Å². The lowest BCUT2D eigenvalue weighted by atomic mass is 10.1. The molecule has 2 N–H and O–H groups in total. The second-order valence-corrected chi connectivity index (χ2v) is 7.07. The van der Waals surface area contributed by atoms with Gasteiger partial charge in [-0.25, -0.2) is 0 Å². The predicted molar refractivity (Wildman–Crippen MR) is 109 cm³/mol. The predicted octanol–water partition coefficient (Wildman–Crippen LogP) is 3.15. The molecular formula is C21H29N4+. The molecule has 25 heavy (non-hydrogen) atoms. The molecule has 0 spiro atoms. The average Bonchev–Trinajstić information content (AvgIpc) is 2.60. The van der Waals surface area contributed by atoms with Gasteiger partial charge in [-0.2, -0.15) is 4.57 Å². The largest absolute Gasteiger partial charge is 0.377 e. The number of aryl methyl sites for hydroxylation is 1. The van der Waals surface area contributed by atoms with E-state index in [1.807, 2.05) is 0 Å². The Morgan fingerprint density at radius 1 is 0.760 bits per heavy atom. The van der Waals surface area contributed by atoms with Crippen LogP contribution in [-0.2, 0) is 6.54 Å². The van der Waals surface area contributed by atoms with Crippen molar-refractivity contribution in [2.75, 3.05) is 44.5 Å². The lowest BCUT2D eigenvalue weighted by Gasteiger charge is -2.15. The normalized spacial score (nSPS) is 11.2. The summed E-state index contributed by atoms with van der Waals surface area (Å²) in [5, 5.41) is 2.56. The van der Waals surface area contributed by atoms with E-state index in [1.165, 1.54) is 33.2 Å². The molecule has 0 radical (unpaired) electrons. The minimum atomic E-state index is 0.745. The molecule has 0 fully saturated rings. The standard InChI is InChI=1S/C21H29N4/c1-23(2)18-9-7-16-13-17-8-10-19(24(3)4)15-21(17)25(20(16)14-18)12-6-5-11-22/h7-10,13-15H,5-6,11-12,22H2,1-4H3/q+1. The van der Waals surface area contributed by atoms with Crippen molar-refractivity contribution in [2.45, 2.75) is 19.4 Å². The van der Waals surface area contributed by atoms with Crippen LogP contribution in [0.4, 0.5) is 11.4 Å². The fourth-order valence-electron chi connectivity index (χ4n) is 3.28. The van der Waals surface area contributed by atoms with E-state index in [1.54, 1.807) is 0 Å². The molecular weight excluding hydrogens is 308 g/mol. The maximum absolute atomic E-state index is 5.72. The highest BCUT2D eigenvalue weighted by Crippen LogP contribution is 2.25. The van der Waals surface area contributed by atoms with Crippen molar-refractivity contribution < 1.29 is 4.57 Å². The van der Waals surface area contributed by atoms with Crippen LogP contribution in [0.25, 0.3) is 21.8 Å². The maximum atomic E-state index is 5.72. The van der Waals surface area contributed by atoms with Crippen LogP contribution in [0.1, 0.15) is 12.8 Å². The molecule has 3 rings (SSSR count). The third-order valence-electron chi connectivity index (χ3n) is 4.79. The minimum Gasteiger partial charge on any atom is -0.377 e. The number of nitrogens with two attached hydrogens (primary N) is 1. The van der Waals surface area contributed by atoms with E-state index in [9.17, 15) is 0 Å². The van der Waals surface area contributed by atoms with Crippen LogP contribution in [-0.4, -0.2) is 34.7 Å². The molecule has 0 amide bonds. The van der Waals surface area contributed by atoms with Gasteiger partial charge in [0.15, 0.2) is 0 Å². The molecule has 0 aliphatic carbocycles. The molecule has 4 nitrogen and oxygen atoms in total. The van der Waals surface area contributed by atoms with E-state index >= 15 is 0 Å². The van der Waals surface area contributed by atoms with Gasteiger partial charge in [0.05, 0.1) is 0 Å². The summed E-state index contributed by atoms with van der Waals surface area (Å²) in [4.78, 5) is 4.31. The van der Waals surface area contributed by atoms with Gasteiger partial charge in [0.1, 0.15) is 6.54 Å². The summed E-state index contributed by atoms with van der Waals surface area (Å²) < 4.78 is 2.46. The zero-order valence-electron chi connectivity index (χ0n) is 15.8. The summed E-state index contributed by atoms with van der Waals surface area (Å²) in [6, 6.07) is 15.7. The lowest BCUT2D eigenvalue weighted by molar-refractivity contribution is -0.645. The molecule has 1 heterocycles. The third-order valence-corrected chi connectivity index (χ3v) is 4.79. The number of rotatable bonds is 6. The van der Waals surface area contributed by atoms with Crippen LogP contribution in [0.2, 0.25) is 0 Å². The highest BCUT2D eigenvalue weighted by atomic mass is 15.1. The van der Waals surface area contributed by atoms with Crippen molar-refractivity contribution in [1.29, 1.82) is 0 Å². The van der Waals surface area contributed by atoms with E-state index in [2.05, 4.69) is 85.0 Å². The first kappa shape index (κ1) is 17.5. The molecule has 0 aliphatic heterocycles. The number of hydrogen-bond donors (Lipinski definition) is 1. The van der Waals surface area contributed by atoms with E-state index < -0.39 is 0 Å². The van der Waals surface area contributed by atoms with Crippen LogP contribution in [0.3, 0.4) is 0 Å². The number of fused-ring (bicyclic) bond motifs is 2. The smallest absolute Gasteiger partial charge is 0.215 e. The summed E-state index contributed by atoms with van der Waals surface area (Å²) in [5.74, 6) is 0. The summed E-state index contributed by atoms with van der Waals surface area (Å²) in [5.41, 5.74) is 10.7. The Hall–Kier alpha value is -2.33. The van der Waals surface area contributed by atoms with Gasteiger partial charge in [-0.3, -0.25) is 0 Å². The van der Waals surface area contributed by atoms with E-state index in [0.717, 1.165) is 25.9 Å². The van der Waals surface area contributed by atoms with Crippen LogP contribution < -0.4 is 20.1 Å². The van der Waals surface area contributed by atoms with Gasteiger partial charge in [-0.1, -0.05) is 0 Å². The first-order valence-corrected chi connectivity index (χ1v) is 8.96. The molecule has 0 saturated carbocycles.